The van der Waals surface area contributed by atoms with Crippen LogP contribution in [0.5, 0.6) is 0 Å². The Morgan fingerprint density at radius 2 is 2.13 bits per heavy atom. The standard InChI is InChI=1S/C21H19ClN8/c1-2-21-7-4-9-30(21)18-16(29-13-25-27-19(21)29)12-24-20(26-18)28-10-8-23-17(28)14-5-3-6-15(22)11-14/h3,5-6,8,10-13H,2,4,7,9H2,1H3. The maximum atomic E-state index is 6.19. The molecule has 0 bridgehead atoms. The van der Waals surface area contributed by atoms with Crippen LogP contribution in [0.3, 0.4) is 0 Å². The monoisotopic (exact) mass is 418 g/mol. The molecule has 4 aromatic rings. The van der Waals surface area contributed by atoms with Gasteiger partial charge in [-0.2, -0.15) is 4.98 Å². The summed E-state index contributed by atoms with van der Waals surface area (Å²) >= 11 is 6.19. The number of aromatic nitrogens is 7. The molecule has 2 aliphatic rings. The number of fused-ring (bicyclic) bond motifs is 6. The van der Waals surface area contributed by atoms with Crippen LogP contribution in [0, 0.1) is 0 Å². The molecular formula is C21H19ClN8. The molecular weight excluding hydrogens is 400 g/mol. The third kappa shape index (κ3) is 2.31. The van der Waals surface area contributed by atoms with Gasteiger partial charge in [-0.05, 0) is 31.4 Å². The normalized spacial score (nSPS) is 19.5. The van der Waals surface area contributed by atoms with Crippen LogP contribution in [0.25, 0.3) is 23.0 Å². The fourth-order valence-electron chi connectivity index (χ4n) is 4.82. The molecule has 0 spiro atoms. The van der Waals surface area contributed by atoms with Crippen LogP contribution < -0.4 is 4.90 Å². The van der Waals surface area contributed by atoms with Gasteiger partial charge in [0.2, 0.25) is 5.95 Å². The number of anilines is 1. The van der Waals surface area contributed by atoms with Gasteiger partial charge in [-0.1, -0.05) is 30.7 Å². The summed E-state index contributed by atoms with van der Waals surface area (Å²) in [5.74, 6) is 3.22. The van der Waals surface area contributed by atoms with Crippen molar-refractivity contribution < 1.29 is 0 Å². The Bertz CT molecular complexity index is 1260. The topological polar surface area (TPSA) is 77.5 Å². The van der Waals surface area contributed by atoms with Gasteiger partial charge >= 0.3 is 0 Å². The van der Waals surface area contributed by atoms with Crippen LogP contribution in [0.15, 0.2) is 49.2 Å². The summed E-state index contributed by atoms with van der Waals surface area (Å²) in [4.78, 5) is 16.6. The van der Waals surface area contributed by atoms with E-state index < -0.39 is 0 Å². The molecule has 1 aromatic carbocycles. The maximum Gasteiger partial charge on any atom is 0.237 e. The van der Waals surface area contributed by atoms with Gasteiger partial charge in [-0.15, -0.1) is 10.2 Å². The van der Waals surface area contributed by atoms with E-state index in [9.17, 15) is 0 Å². The lowest BCUT2D eigenvalue weighted by Crippen LogP contribution is -2.46. The van der Waals surface area contributed by atoms with Crippen molar-refractivity contribution in [3.63, 3.8) is 0 Å². The molecule has 5 heterocycles. The molecule has 2 aliphatic heterocycles. The van der Waals surface area contributed by atoms with Crippen LogP contribution in [0.2, 0.25) is 5.02 Å². The van der Waals surface area contributed by atoms with Gasteiger partial charge in [0.1, 0.15) is 23.4 Å². The second-order valence-corrected chi connectivity index (χ2v) is 8.11. The van der Waals surface area contributed by atoms with Crippen molar-refractivity contribution in [2.24, 2.45) is 0 Å². The third-order valence-electron chi connectivity index (χ3n) is 6.23. The molecule has 9 heteroatoms. The van der Waals surface area contributed by atoms with E-state index in [2.05, 4.69) is 32.0 Å². The molecule has 30 heavy (non-hydrogen) atoms. The minimum absolute atomic E-state index is 0.167. The van der Waals surface area contributed by atoms with E-state index in [1.165, 1.54) is 0 Å². The average molecular weight is 419 g/mol. The van der Waals surface area contributed by atoms with Crippen molar-refractivity contribution >= 4 is 17.4 Å². The second-order valence-electron chi connectivity index (χ2n) is 7.67. The minimum atomic E-state index is -0.167. The highest BCUT2D eigenvalue weighted by molar-refractivity contribution is 6.30. The van der Waals surface area contributed by atoms with Gasteiger partial charge in [0, 0.05) is 29.5 Å². The molecule has 3 aromatic heterocycles. The van der Waals surface area contributed by atoms with Crippen LogP contribution in [0.4, 0.5) is 5.82 Å². The van der Waals surface area contributed by atoms with Gasteiger partial charge in [0.05, 0.1) is 6.20 Å². The quantitative estimate of drug-likeness (QED) is 0.503. The lowest BCUT2D eigenvalue weighted by atomic mass is 9.90. The molecule has 0 aliphatic carbocycles. The maximum absolute atomic E-state index is 6.19. The Morgan fingerprint density at radius 1 is 1.20 bits per heavy atom. The van der Waals surface area contributed by atoms with E-state index in [1.807, 2.05) is 45.8 Å². The lowest BCUT2D eigenvalue weighted by molar-refractivity contribution is 0.382. The molecule has 8 nitrogen and oxygen atoms in total. The van der Waals surface area contributed by atoms with E-state index in [4.69, 9.17) is 16.6 Å². The summed E-state index contributed by atoms with van der Waals surface area (Å²) in [6, 6.07) is 7.64. The van der Waals surface area contributed by atoms with Gasteiger partial charge in [-0.25, -0.2) is 9.97 Å². The SMILES string of the molecule is CCC12CCCN1c1nc(-n3ccnc3-c3cccc(Cl)c3)ncc1-n1cnnc12. The molecule has 1 unspecified atom stereocenters. The summed E-state index contributed by atoms with van der Waals surface area (Å²) in [6.07, 6.45) is 10.3. The second kappa shape index (κ2) is 6.37. The van der Waals surface area contributed by atoms with E-state index in [1.54, 1.807) is 12.5 Å². The molecule has 150 valence electrons. The summed E-state index contributed by atoms with van der Waals surface area (Å²) in [5.41, 5.74) is 1.66. The van der Waals surface area contributed by atoms with Gasteiger partial charge in [0.15, 0.2) is 11.6 Å². The fraction of sp³-hybridized carbons (Fsp3) is 0.286. The Hall–Kier alpha value is -3.26. The molecule has 0 amide bonds. The molecule has 1 fully saturated rings. The van der Waals surface area contributed by atoms with E-state index >= 15 is 0 Å². The van der Waals surface area contributed by atoms with E-state index in [0.29, 0.717) is 11.0 Å². The molecule has 0 radical (unpaired) electrons. The predicted octanol–water partition coefficient (Wildman–Crippen LogP) is 3.78. The number of rotatable bonds is 3. The summed E-state index contributed by atoms with van der Waals surface area (Å²) in [7, 11) is 0. The first-order valence-electron chi connectivity index (χ1n) is 10.1. The molecule has 0 N–H and O–H groups in total. The fourth-order valence-corrected chi connectivity index (χ4v) is 5.01. The van der Waals surface area contributed by atoms with Crippen molar-refractivity contribution in [1.29, 1.82) is 0 Å². The van der Waals surface area contributed by atoms with Crippen LogP contribution in [-0.2, 0) is 5.54 Å². The summed E-state index contributed by atoms with van der Waals surface area (Å²) < 4.78 is 3.94. The van der Waals surface area contributed by atoms with Crippen LogP contribution in [-0.4, -0.2) is 40.8 Å². The third-order valence-corrected chi connectivity index (χ3v) is 6.46. The largest absolute Gasteiger partial charge is 0.342 e. The van der Waals surface area contributed by atoms with Gasteiger partial charge < -0.3 is 4.90 Å². The highest BCUT2D eigenvalue weighted by Crippen LogP contribution is 2.48. The van der Waals surface area contributed by atoms with E-state index in [0.717, 1.165) is 54.5 Å². The van der Waals surface area contributed by atoms with Gasteiger partial charge in [0.25, 0.3) is 0 Å². The molecule has 0 saturated carbocycles. The van der Waals surface area contributed by atoms with Crippen molar-refractivity contribution in [2.75, 3.05) is 11.4 Å². The molecule has 6 rings (SSSR count). The van der Waals surface area contributed by atoms with Crippen LogP contribution >= 0.6 is 11.6 Å². The van der Waals surface area contributed by atoms with Crippen molar-refractivity contribution in [1.82, 2.24) is 34.3 Å². The first-order valence-corrected chi connectivity index (χ1v) is 10.4. The zero-order valence-electron chi connectivity index (χ0n) is 16.4. The number of halogens is 1. The van der Waals surface area contributed by atoms with Crippen molar-refractivity contribution in [3.8, 4) is 23.0 Å². The average Bonchev–Trinajstić information content (AvgIpc) is 3.52. The zero-order valence-corrected chi connectivity index (χ0v) is 17.2. The molecule has 1 atom stereocenters. The zero-order chi connectivity index (χ0) is 20.3. The Balaban J connectivity index is 1.53. The molecule has 1 saturated heterocycles. The van der Waals surface area contributed by atoms with Gasteiger partial charge in [-0.3, -0.25) is 9.13 Å². The predicted molar refractivity (Wildman–Crippen MR) is 113 cm³/mol. The number of imidazole rings is 1. The minimum Gasteiger partial charge on any atom is -0.342 e. The number of nitrogens with zero attached hydrogens (tertiary/aromatic N) is 8. The number of benzene rings is 1. The van der Waals surface area contributed by atoms with E-state index in [-0.39, 0.29) is 5.54 Å². The highest BCUT2D eigenvalue weighted by atomic mass is 35.5. The first-order chi connectivity index (χ1) is 14.7. The highest BCUT2D eigenvalue weighted by Gasteiger charge is 2.49. The summed E-state index contributed by atoms with van der Waals surface area (Å²) in [6.45, 7) is 3.15. The Labute approximate surface area is 178 Å². The Kier molecular flexibility index (Phi) is 3.73. The number of hydrogen-bond acceptors (Lipinski definition) is 6. The summed E-state index contributed by atoms with van der Waals surface area (Å²) in [5, 5.41) is 9.32. The van der Waals surface area contributed by atoms with Crippen molar-refractivity contribution in [3.05, 3.63) is 60.0 Å². The van der Waals surface area contributed by atoms with Crippen molar-refractivity contribution in [2.45, 2.75) is 31.7 Å². The van der Waals surface area contributed by atoms with Crippen LogP contribution in [0.1, 0.15) is 32.0 Å². The number of hydrogen-bond donors (Lipinski definition) is 0. The smallest absolute Gasteiger partial charge is 0.237 e. The lowest BCUT2D eigenvalue weighted by Gasteiger charge is -2.42. The Morgan fingerprint density at radius 3 is 3.00 bits per heavy atom. The first kappa shape index (κ1) is 17.6.